The minimum Gasteiger partial charge on any atom is -0.493 e. The molecule has 0 aliphatic carbocycles. The highest BCUT2D eigenvalue weighted by molar-refractivity contribution is 5.96. The van der Waals surface area contributed by atoms with Crippen LogP contribution in [0.3, 0.4) is 0 Å². The minimum atomic E-state index is -0.396. The van der Waals surface area contributed by atoms with Gasteiger partial charge in [0.05, 0.1) is 12.2 Å². The van der Waals surface area contributed by atoms with Crippen LogP contribution in [-0.4, -0.2) is 24.1 Å². The predicted octanol–water partition coefficient (Wildman–Crippen LogP) is 2.88. The zero-order valence-electron chi connectivity index (χ0n) is 10.8. The maximum Gasteiger partial charge on any atom is 0.163 e. The summed E-state index contributed by atoms with van der Waals surface area (Å²) in [6.45, 7) is 3.67. The number of carbonyl (C=O) groups is 1. The number of hydrogen-bond donors (Lipinski definition) is 1. The van der Waals surface area contributed by atoms with E-state index in [0.717, 1.165) is 19.3 Å². The summed E-state index contributed by atoms with van der Waals surface area (Å²) in [5.74, 6) is -0.169. The van der Waals surface area contributed by atoms with Gasteiger partial charge in [-0.3, -0.25) is 4.79 Å². The van der Waals surface area contributed by atoms with Gasteiger partial charge in [0.15, 0.2) is 5.78 Å². The van der Waals surface area contributed by atoms with Crippen LogP contribution >= 0.6 is 0 Å². The van der Waals surface area contributed by atoms with Gasteiger partial charge >= 0.3 is 0 Å². The van der Waals surface area contributed by atoms with Crippen molar-refractivity contribution in [1.82, 2.24) is 0 Å². The first kappa shape index (κ1) is 14.6. The average molecular weight is 254 g/mol. The number of ether oxygens (including phenoxy) is 1. The molecule has 1 aromatic rings. The zero-order chi connectivity index (χ0) is 13.5. The van der Waals surface area contributed by atoms with E-state index in [-0.39, 0.29) is 18.0 Å². The number of halogens is 1. The summed E-state index contributed by atoms with van der Waals surface area (Å²) in [5.41, 5.74) is 0.741. The fraction of sp³-hybridized carbons (Fsp3) is 0.500. The molecule has 0 spiro atoms. The third kappa shape index (κ3) is 4.11. The van der Waals surface area contributed by atoms with Crippen molar-refractivity contribution in [2.75, 3.05) is 13.2 Å². The maximum atomic E-state index is 13.4. The summed E-state index contributed by atoms with van der Waals surface area (Å²) in [6, 6.07) is 2.78. The summed E-state index contributed by atoms with van der Waals surface area (Å²) < 4.78 is 18.9. The van der Waals surface area contributed by atoms with Crippen molar-refractivity contribution in [2.24, 2.45) is 0 Å². The van der Waals surface area contributed by atoms with Crippen molar-refractivity contribution in [3.8, 4) is 5.75 Å². The number of aliphatic hydroxyl groups excluding tert-OH is 1. The van der Waals surface area contributed by atoms with E-state index in [4.69, 9.17) is 9.84 Å². The molecule has 0 amide bonds. The Morgan fingerprint density at radius 2 is 2.06 bits per heavy atom. The van der Waals surface area contributed by atoms with E-state index >= 15 is 0 Å². The fourth-order valence-corrected chi connectivity index (χ4v) is 1.62. The lowest BCUT2D eigenvalue weighted by atomic mass is 10.1. The van der Waals surface area contributed by atoms with Crippen molar-refractivity contribution in [3.63, 3.8) is 0 Å². The van der Waals surface area contributed by atoms with Gasteiger partial charge < -0.3 is 9.84 Å². The fourth-order valence-electron chi connectivity index (χ4n) is 1.62. The molecule has 0 heterocycles. The Hall–Kier alpha value is -1.42. The van der Waals surface area contributed by atoms with Gasteiger partial charge in [0, 0.05) is 6.61 Å². The van der Waals surface area contributed by atoms with E-state index in [0.29, 0.717) is 17.9 Å². The molecule has 0 radical (unpaired) electrons. The molecular formula is C14H19FO3. The normalized spacial score (nSPS) is 10.4. The van der Waals surface area contributed by atoms with Gasteiger partial charge in [-0.15, -0.1) is 0 Å². The standard InChI is InChI=1S/C14H19FO3/c1-10-8-14(18-7-5-3-4-6-16)12(11(2)17)9-13(10)15/h8-9,16H,3-7H2,1-2H3. The quantitative estimate of drug-likeness (QED) is 0.601. The third-order valence-corrected chi connectivity index (χ3v) is 2.70. The van der Waals surface area contributed by atoms with Gasteiger partial charge in [0.25, 0.3) is 0 Å². The van der Waals surface area contributed by atoms with Crippen LogP contribution in [0.2, 0.25) is 0 Å². The van der Waals surface area contributed by atoms with Crippen LogP contribution in [0.4, 0.5) is 4.39 Å². The Kier molecular flexibility index (Phi) is 5.78. The van der Waals surface area contributed by atoms with Crippen molar-refractivity contribution < 1.29 is 19.0 Å². The second kappa shape index (κ2) is 7.11. The molecule has 0 unspecified atom stereocenters. The summed E-state index contributed by atoms with van der Waals surface area (Å²) in [5, 5.41) is 8.64. The average Bonchev–Trinajstić information content (AvgIpc) is 2.32. The van der Waals surface area contributed by atoms with Gasteiger partial charge in [0.1, 0.15) is 11.6 Å². The SMILES string of the molecule is CC(=O)c1cc(F)c(C)cc1OCCCCCO. The zero-order valence-corrected chi connectivity index (χ0v) is 10.8. The number of rotatable bonds is 7. The van der Waals surface area contributed by atoms with Crippen molar-refractivity contribution in [2.45, 2.75) is 33.1 Å². The molecule has 1 aromatic carbocycles. The predicted molar refractivity (Wildman–Crippen MR) is 67.6 cm³/mol. The molecule has 100 valence electrons. The molecule has 3 nitrogen and oxygen atoms in total. The second-order valence-electron chi connectivity index (χ2n) is 4.29. The van der Waals surface area contributed by atoms with Crippen molar-refractivity contribution >= 4 is 5.78 Å². The molecular weight excluding hydrogens is 235 g/mol. The third-order valence-electron chi connectivity index (χ3n) is 2.70. The number of aryl methyl sites for hydroxylation is 1. The highest BCUT2D eigenvalue weighted by atomic mass is 19.1. The second-order valence-corrected chi connectivity index (χ2v) is 4.29. The minimum absolute atomic E-state index is 0.175. The van der Waals surface area contributed by atoms with E-state index < -0.39 is 5.82 Å². The highest BCUT2D eigenvalue weighted by Crippen LogP contribution is 2.23. The number of unbranched alkanes of at least 4 members (excludes halogenated alkanes) is 2. The van der Waals surface area contributed by atoms with E-state index in [1.807, 2.05) is 0 Å². The molecule has 0 atom stereocenters. The van der Waals surface area contributed by atoms with Crippen LogP contribution in [-0.2, 0) is 0 Å². The molecule has 0 aromatic heterocycles. The van der Waals surface area contributed by atoms with Crippen LogP contribution in [0.1, 0.15) is 42.1 Å². The van der Waals surface area contributed by atoms with E-state index in [9.17, 15) is 9.18 Å². The Morgan fingerprint density at radius 3 is 2.67 bits per heavy atom. The summed E-state index contributed by atoms with van der Waals surface area (Å²) in [7, 11) is 0. The lowest BCUT2D eigenvalue weighted by Crippen LogP contribution is -2.05. The molecule has 1 rings (SSSR count). The smallest absolute Gasteiger partial charge is 0.163 e. The maximum absolute atomic E-state index is 13.4. The molecule has 18 heavy (non-hydrogen) atoms. The number of benzene rings is 1. The molecule has 0 aliphatic heterocycles. The number of ketones is 1. The monoisotopic (exact) mass is 254 g/mol. The summed E-state index contributed by atoms with van der Waals surface area (Å²) in [6.07, 6.45) is 2.41. The molecule has 0 bridgehead atoms. The van der Waals surface area contributed by atoms with Crippen LogP contribution in [0, 0.1) is 12.7 Å². The van der Waals surface area contributed by atoms with Gasteiger partial charge in [-0.1, -0.05) is 0 Å². The molecule has 1 N–H and O–H groups in total. The van der Waals surface area contributed by atoms with Gasteiger partial charge in [-0.2, -0.15) is 0 Å². The van der Waals surface area contributed by atoms with E-state index in [1.54, 1.807) is 13.0 Å². The summed E-state index contributed by atoms with van der Waals surface area (Å²) >= 11 is 0. The van der Waals surface area contributed by atoms with Crippen molar-refractivity contribution in [1.29, 1.82) is 0 Å². The number of Topliss-reactive ketones (excluding diaryl/α,β-unsaturated/α-hetero) is 1. The summed E-state index contributed by atoms with van der Waals surface area (Å²) in [4.78, 5) is 11.4. The first-order valence-electron chi connectivity index (χ1n) is 6.11. The molecule has 0 saturated carbocycles. The lowest BCUT2D eigenvalue weighted by Gasteiger charge is -2.11. The molecule has 0 saturated heterocycles. The number of hydrogen-bond acceptors (Lipinski definition) is 3. The van der Waals surface area contributed by atoms with E-state index in [1.165, 1.54) is 13.0 Å². The molecule has 0 aliphatic rings. The molecule has 0 fully saturated rings. The van der Waals surface area contributed by atoms with Crippen LogP contribution < -0.4 is 4.74 Å². The number of carbonyl (C=O) groups excluding carboxylic acids is 1. The first-order chi connectivity index (χ1) is 8.56. The van der Waals surface area contributed by atoms with Gasteiger partial charge in [-0.05, 0) is 50.8 Å². The Balaban J connectivity index is 2.68. The van der Waals surface area contributed by atoms with E-state index in [2.05, 4.69) is 0 Å². The Bertz CT molecular complexity index is 416. The Morgan fingerprint density at radius 1 is 1.33 bits per heavy atom. The molecule has 4 heteroatoms. The lowest BCUT2D eigenvalue weighted by molar-refractivity contribution is 0.101. The first-order valence-corrected chi connectivity index (χ1v) is 6.11. The Labute approximate surface area is 107 Å². The van der Waals surface area contributed by atoms with Crippen LogP contribution in [0.15, 0.2) is 12.1 Å². The van der Waals surface area contributed by atoms with Crippen LogP contribution in [0.25, 0.3) is 0 Å². The number of aliphatic hydroxyl groups is 1. The van der Waals surface area contributed by atoms with Gasteiger partial charge in [-0.25, -0.2) is 4.39 Å². The highest BCUT2D eigenvalue weighted by Gasteiger charge is 2.12. The largest absolute Gasteiger partial charge is 0.493 e. The van der Waals surface area contributed by atoms with Crippen LogP contribution in [0.5, 0.6) is 5.75 Å². The topological polar surface area (TPSA) is 46.5 Å². The van der Waals surface area contributed by atoms with Gasteiger partial charge in [0.2, 0.25) is 0 Å². The van der Waals surface area contributed by atoms with Crippen molar-refractivity contribution in [3.05, 3.63) is 29.1 Å².